The van der Waals surface area contributed by atoms with Crippen LogP contribution in [0.4, 0.5) is 0 Å². The van der Waals surface area contributed by atoms with Gasteiger partial charge < -0.3 is 9.47 Å². The molecule has 0 aromatic heterocycles. The van der Waals surface area contributed by atoms with Gasteiger partial charge in [0.25, 0.3) is 0 Å². The summed E-state index contributed by atoms with van der Waals surface area (Å²) in [5.41, 5.74) is 0. The number of rotatable bonds is 9. The maximum atomic E-state index is 5.44. The van der Waals surface area contributed by atoms with E-state index in [9.17, 15) is 0 Å². The lowest BCUT2D eigenvalue weighted by Gasteiger charge is -2.01. The Morgan fingerprint density at radius 2 is 1.42 bits per heavy atom. The Morgan fingerprint density at radius 1 is 0.895 bits per heavy atom. The summed E-state index contributed by atoms with van der Waals surface area (Å²) in [6, 6.07) is 12.0. The molecule has 1 aromatic rings. The number of hydrogen-bond donors (Lipinski definition) is 0. The largest absolute Gasteiger partial charge is 0.379 e. The Hall–Kier alpha value is -0.860. The lowest BCUT2D eigenvalue weighted by atomic mass is 10.1. The SMILES string of the molecule is CCCCCCCCOCC1CO1.c1ccccc1. The second-order valence-corrected chi connectivity index (χ2v) is 4.95. The predicted octanol–water partition coefficient (Wildman–Crippen LogP) is 4.45. The normalized spacial score (nSPS) is 16.6. The summed E-state index contributed by atoms with van der Waals surface area (Å²) >= 11 is 0. The summed E-state index contributed by atoms with van der Waals surface area (Å²) in [4.78, 5) is 0. The maximum absolute atomic E-state index is 5.44. The van der Waals surface area contributed by atoms with Gasteiger partial charge in [-0.15, -0.1) is 0 Å². The van der Waals surface area contributed by atoms with Gasteiger partial charge in [-0.3, -0.25) is 0 Å². The third kappa shape index (κ3) is 11.9. The summed E-state index contributed by atoms with van der Waals surface area (Å²) < 4.78 is 10.5. The minimum Gasteiger partial charge on any atom is -0.379 e. The molecule has 0 amide bonds. The third-order valence-corrected chi connectivity index (χ3v) is 3.02. The molecule has 1 heterocycles. The van der Waals surface area contributed by atoms with Crippen LogP contribution in [0.2, 0.25) is 0 Å². The average Bonchev–Trinajstić information content (AvgIpc) is 3.29. The van der Waals surface area contributed by atoms with Gasteiger partial charge in [0.05, 0.1) is 13.2 Å². The summed E-state index contributed by atoms with van der Waals surface area (Å²) in [5, 5.41) is 0. The minimum absolute atomic E-state index is 0.431. The van der Waals surface area contributed by atoms with E-state index in [2.05, 4.69) is 6.92 Å². The zero-order valence-corrected chi connectivity index (χ0v) is 12.2. The third-order valence-electron chi connectivity index (χ3n) is 3.02. The molecular weight excluding hydrogens is 236 g/mol. The monoisotopic (exact) mass is 264 g/mol. The van der Waals surface area contributed by atoms with Gasteiger partial charge in [-0.05, 0) is 6.42 Å². The van der Waals surface area contributed by atoms with Crippen LogP contribution in [0.15, 0.2) is 36.4 Å². The van der Waals surface area contributed by atoms with Gasteiger partial charge in [0.2, 0.25) is 0 Å². The van der Waals surface area contributed by atoms with Crippen LogP contribution in [0.25, 0.3) is 0 Å². The van der Waals surface area contributed by atoms with Gasteiger partial charge in [-0.25, -0.2) is 0 Å². The van der Waals surface area contributed by atoms with Crippen LogP contribution in [-0.4, -0.2) is 25.9 Å². The van der Waals surface area contributed by atoms with Gasteiger partial charge in [0, 0.05) is 6.61 Å². The van der Waals surface area contributed by atoms with E-state index >= 15 is 0 Å². The lowest BCUT2D eigenvalue weighted by Crippen LogP contribution is -2.02. The van der Waals surface area contributed by atoms with Crippen molar-refractivity contribution in [1.29, 1.82) is 0 Å². The number of hydrogen-bond acceptors (Lipinski definition) is 2. The molecule has 1 unspecified atom stereocenters. The Balaban J connectivity index is 0.000000250. The lowest BCUT2D eigenvalue weighted by molar-refractivity contribution is 0.113. The van der Waals surface area contributed by atoms with E-state index in [1.54, 1.807) is 0 Å². The minimum atomic E-state index is 0.431. The average molecular weight is 264 g/mol. The topological polar surface area (TPSA) is 21.8 Å². The smallest absolute Gasteiger partial charge is 0.104 e. The molecule has 2 nitrogen and oxygen atoms in total. The van der Waals surface area contributed by atoms with Crippen molar-refractivity contribution >= 4 is 0 Å². The summed E-state index contributed by atoms with van der Waals surface area (Å²) in [7, 11) is 0. The van der Waals surface area contributed by atoms with Crippen LogP contribution >= 0.6 is 0 Å². The molecule has 2 rings (SSSR count). The van der Waals surface area contributed by atoms with Crippen molar-refractivity contribution < 1.29 is 9.47 Å². The molecule has 1 fully saturated rings. The highest BCUT2D eigenvalue weighted by atomic mass is 16.6. The maximum Gasteiger partial charge on any atom is 0.104 e. The van der Waals surface area contributed by atoms with Gasteiger partial charge in [0.15, 0.2) is 0 Å². The quantitative estimate of drug-likeness (QED) is 0.485. The van der Waals surface area contributed by atoms with Crippen molar-refractivity contribution in [2.45, 2.75) is 51.6 Å². The molecular formula is C17H28O2. The van der Waals surface area contributed by atoms with Crippen LogP contribution < -0.4 is 0 Å². The molecule has 0 N–H and O–H groups in total. The van der Waals surface area contributed by atoms with Gasteiger partial charge in [-0.2, -0.15) is 0 Å². The van der Waals surface area contributed by atoms with E-state index in [1.165, 1.54) is 38.5 Å². The zero-order valence-electron chi connectivity index (χ0n) is 12.2. The molecule has 1 aromatic carbocycles. The predicted molar refractivity (Wildman–Crippen MR) is 80.4 cm³/mol. The molecule has 0 saturated carbocycles. The summed E-state index contributed by atoms with van der Waals surface area (Å²) in [6.45, 7) is 4.90. The fourth-order valence-electron chi connectivity index (χ4n) is 1.75. The number of unbranched alkanes of at least 4 members (excludes halogenated alkanes) is 5. The van der Waals surface area contributed by atoms with Crippen LogP contribution in [0, 0.1) is 0 Å². The van der Waals surface area contributed by atoms with E-state index in [1.807, 2.05) is 36.4 Å². The fraction of sp³-hybridized carbons (Fsp3) is 0.647. The Kier molecular flexibility index (Phi) is 10.4. The van der Waals surface area contributed by atoms with Crippen molar-refractivity contribution in [1.82, 2.24) is 0 Å². The second kappa shape index (κ2) is 12.2. The molecule has 0 bridgehead atoms. The standard InChI is InChI=1S/C11H22O2.C6H6/c1-2-3-4-5-6-7-8-12-9-11-10-13-11;1-2-4-6-5-3-1/h11H,2-10H2,1H3;1-6H. The van der Waals surface area contributed by atoms with Crippen molar-refractivity contribution in [2.75, 3.05) is 19.8 Å². The number of ether oxygens (including phenoxy) is 2. The first-order valence-electron chi connectivity index (χ1n) is 7.63. The Bertz CT molecular complexity index is 243. The van der Waals surface area contributed by atoms with E-state index in [4.69, 9.17) is 9.47 Å². The number of epoxide rings is 1. The molecule has 1 aliphatic heterocycles. The molecule has 19 heavy (non-hydrogen) atoms. The van der Waals surface area contributed by atoms with Crippen molar-refractivity contribution in [2.24, 2.45) is 0 Å². The highest BCUT2D eigenvalue weighted by Crippen LogP contribution is 2.09. The van der Waals surface area contributed by atoms with E-state index in [-0.39, 0.29) is 0 Å². The Morgan fingerprint density at radius 3 is 1.95 bits per heavy atom. The van der Waals surface area contributed by atoms with Crippen LogP contribution in [0.5, 0.6) is 0 Å². The molecule has 1 atom stereocenters. The number of benzene rings is 1. The molecule has 0 aliphatic carbocycles. The highest BCUT2D eigenvalue weighted by Gasteiger charge is 2.21. The van der Waals surface area contributed by atoms with Crippen LogP contribution in [0.1, 0.15) is 45.4 Å². The molecule has 0 spiro atoms. The second-order valence-electron chi connectivity index (χ2n) is 4.95. The summed E-state index contributed by atoms with van der Waals surface area (Å²) in [5.74, 6) is 0. The first-order valence-corrected chi connectivity index (χ1v) is 7.63. The van der Waals surface area contributed by atoms with Gasteiger partial charge >= 0.3 is 0 Å². The molecule has 108 valence electrons. The molecule has 0 radical (unpaired) electrons. The molecule has 2 heteroatoms. The van der Waals surface area contributed by atoms with E-state index in [0.717, 1.165) is 19.8 Å². The first-order chi connectivity index (χ1) is 9.43. The molecule has 1 saturated heterocycles. The molecule has 1 aliphatic rings. The van der Waals surface area contributed by atoms with Gasteiger partial charge in [0.1, 0.15) is 6.10 Å². The van der Waals surface area contributed by atoms with Crippen molar-refractivity contribution in [3.63, 3.8) is 0 Å². The van der Waals surface area contributed by atoms with Crippen LogP contribution in [-0.2, 0) is 9.47 Å². The Labute approximate surface area is 118 Å². The van der Waals surface area contributed by atoms with Crippen molar-refractivity contribution in [3.8, 4) is 0 Å². The van der Waals surface area contributed by atoms with Gasteiger partial charge in [-0.1, -0.05) is 75.4 Å². The van der Waals surface area contributed by atoms with E-state index < -0.39 is 0 Å². The van der Waals surface area contributed by atoms with Crippen LogP contribution in [0.3, 0.4) is 0 Å². The fourth-order valence-corrected chi connectivity index (χ4v) is 1.75. The first kappa shape index (κ1) is 16.2. The van der Waals surface area contributed by atoms with E-state index in [0.29, 0.717) is 6.10 Å². The summed E-state index contributed by atoms with van der Waals surface area (Å²) in [6.07, 6.45) is 8.45. The van der Waals surface area contributed by atoms with Crippen molar-refractivity contribution in [3.05, 3.63) is 36.4 Å². The zero-order chi connectivity index (χ0) is 13.6. The highest BCUT2D eigenvalue weighted by molar-refractivity contribution is 4.99.